The fourth-order valence-corrected chi connectivity index (χ4v) is 2.60. The van der Waals surface area contributed by atoms with Crippen LogP contribution >= 0.6 is 0 Å². The van der Waals surface area contributed by atoms with Gasteiger partial charge in [-0.25, -0.2) is 16.8 Å². The molecule has 0 bridgehead atoms. The molecule has 0 aliphatic carbocycles. The first-order valence-electron chi connectivity index (χ1n) is 4.18. The van der Waals surface area contributed by atoms with Crippen LogP contribution in [0, 0.1) is 0 Å². The highest BCUT2D eigenvalue weighted by Crippen LogP contribution is 2.18. The highest BCUT2D eigenvalue weighted by molar-refractivity contribution is 7.95. The maximum atomic E-state index is 11.4. The Hall–Kier alpha value is -1.40. The lowest BCUT2D eigenvalue weighted by atomic mass is 10.4. The van der Waals surface area contributed by atoms with Gasteiger partial charge in [0.15, 0.2) is 19.7 Å². The lowest BCUT2D eigenvalue weighted by Gasteiger charge is -2.02. The second-order valence-corrected chi connectivity index (χ2v) is 6.69. The van der Waals surface area contributed by atoms with E-state index in [2.05, 4.69) is 13.2 Å². The van der Waals surface area contributed by atoms with Crippen LogP contribution in [0.5, 0.6) is 0 Å². The maximum absolute atomic E-state index is 11.4. The van der Waals surface area contributed by atoms with Crippen LogP contribution in [0.3, 0.4) is 0 Å². The van der Waals surface area contributed by atoms with Gasteiger partial charge in [-0.3, -0.25) is 0 Å². The van der Waals surface area contributed by atoms with Crippen LogP contribution in [0.15, 0.2) is 58.0 Å². The predicted molar refractivity (Wildman–Crippen MR) is 61.2 cm³/mol. The summed E-state index contributed by atoms with van der Waals surface area (Å²) < 4.78 is 45.7. The van der Waals surface area contributed by atoms with Crippen molar-refractivity contribution in [2.45, 2.75) is 9.79 Å². The monoisotopic (exact) mass is 258 g/mol. The molecule has 0 aliphatic rings. The van der Waals surface area contributed by atoms with E-state index in [9.17, 15) is 16.8 Å². The van der Waals surface area contributed by atoms with Crippen molar-refractivity contribution in [2.24, 2.45) is 0 Å². The summed E-state index contributed by atoms with van der Waals surface area (Å²) in [5.74, 6) is 0. The van der Waals surface area contributed by atoms with E-state index < -0.39 is 19.7 Å². The first kappa shape index (κ1) is 12.7. The van der Waals surface area contributed by atoms with Crippen molar-refractivity contribution in [2.75, 3.05) is 0 Å². The van der Waals surface area contributed by atoms with Crippen LogP contribution in [0.2, 0.25) is 0 Å². The van der Waals surface area contributed by atoms with Gasteiger partial charge in [-0.15, -0.1) is 0 Å². The van der Waals surface area contributed by atoms with Crippen molar-refractivity contribution in [3.05, 3.63) is 48.2 Å². The fourth-order valence-electron chi connectivity index (χ4n) is 1.02. The Morgan fingerprint density at radius 1 is 0.875 bits per heavy atom. The zero-order valence-corrected chi connectivity index (χ0v) is 9.96. The first-order valence-corrected chi connectivity index (χ1v) is 7.28. The van der Waals surface area contributed by atoms with Crippen molar-refractivity contribution < 1.29 is 16.8 Å². The maximum Gasteiger partial charge on any atom is 0.199 e. The summed E-state index contributed by atoms with van der Waals surface area (Å²) in [5.41, 5.74) is 0. The summed E-state index contributed by atoms with van der Waals surface area (Å²) >= 11 is 0. The second-order valence-electron chi connectivity index (χ2n) is 2.90. The summed E-state index contributed by atoms with van der Waals surface area (Å²) in [6.45, 7) is 6.33. The minimum Gasteiger partial charge on any atom is -0.219 e. The smallest absolute Gasteiger partial charge is 0.199 e. The third-order valence-corrected chi connectivity index (χ3v) is 4.60. The molecule has 1 aromatic carbocycles. The van der Waals surface area contributed by atoms with Crippen LogP contribution in [-0.4, -0.2) is 16.8 Å². The van der Waals surface area contributed by atoms with Crippen molar-refractivity contribution in [3.63, 3.8) is 0 Å². The molecule has 6 heteroatoms. The lowest BCUT2D eigenvalue weighted by Crippen LogP contribution is -2.00. The average molecular weight is 258 g/mol. The molecule has 0 aromatic heterocycles. The minimum absolute atomic E-state index is 0.106. The molecule has 0 saturated carbocycles. The van der Waals surface area contributed by atoms with Crippen molar-refractivity contribution in [3.8, 4) is 0 Å². The number of sulfone groups is 2. The van der Waals surface area contributed by atoms with Gasteiger partial charge in [-0.2, -0.15) is 0 Å². The fraction of sp³-hybridized carbons (Fsp3) is 0. The Labute approximate surface area is 94.8 Å². The van der Waals surface area contributed by atoms with E-state index >= 15 is 0 Å². The van der Waals surface area contributed by atoms with Crippen molar-refractivity contribution in [1.29, 1.82) is 0 Å². The molecule has 0 N–H and O–H groups in total. The van der Waals surface area contributed by atoms with Crippen molar-refractivity contribution >= 4 is 19.7 Å². The standard InChI is InChI=1S/C10H10O4S2/c1-3-15(11,12)9-6-5-7-10(8-9)16(13,14)4-2/h3-8H,1-2H2. The number of rotatable bonds is 4. The molecule has 0 aliphatic heterocycles. The molecule has 86 valence electrons. The Balaban J connectivity index is 3.48. The van der Waals surface area contributed by atoms with Gasteiger partial charge in [0.05, 0.1) is 9.79 Å². The summed E-state index contributed by atoms with van der Waals surface area (Å²) in [5, 5.41) is 1.54. The van der Waals surface area contributed by atoms with Gasteiger partial charge in [-0.1, -0.05) is 19.2 Å². The van der Waals surface area contributed by atoms with Gasteiger partial charge in [0.25, 0.3) is 0 Å². The summed E-state index contributed by atoms with van der Waals surface area (Å²) in [6.07, 6.45) is 0. The number of hydrogen-bond donors (Lipinski definition) is 0. The van der Waals surface area contributed by atoms with Crippen LogP contribution in [-0.2, 0) is 19.7 Å². The van der Waals surface area contributed by atoms with E-state index in [1.54, 1.807) is 0 Å². The molecule has 0 unspecified atom stereocenters. The van der Waals surface area contributed by atoms with Crippen LogP contribution in [0.1, 0.15) is 0 Å². The van der Waals surface area contributed by atoms with E-state index in [0.29, 0.717) is 0 Å². The van der Waals surface area contributed by atoms with E-state index in [1.165, 1.54) is 18.2 Å². The molecule has 0 heterocycles. The molecule has 0 saturated heterocycles. The minimum atomic E-state index is -3.62. The third-order valence-electron chi connectivity index (χ3n) is 1.90. The Morgan fingerprint density at radius 2 is 1.25 bits per heavy atom. The van der Waals surface area contributed by atoms with E-state index in [0.717, 1.165) is 16.9 Å². The molecule has 1 aromatic rings. The van der Waals surface area contributed by atoms with E-state index in [1.807, 2.05) is 0 Å². The SMILES string of the molecule is C=CS(=O)(=O)c1cccc(S(=O)(=O)C=C)c1. The summed E-state index contributed by atoms with van der Waals surface area (Å²) in [7, 11) is -7.25. The summed E-state index contributed by atoms with van der Waals surface area (Å²) in [4.78, 5) is -0.212. The predicted octanol–water partition coefficient (Wildman–Crippen LogP) is 1.52. The average Bonchev–Trinajstić information content (AvgIpc) is 2.29. The highest BCUT2D eigenvalue weighted by atomic mass is 32.2. The van der Waals surface area contributed by atoms with Gasteiger partial charge in [0.2, 0.25) is 0 Å². The molecule has 1 rings (SSSR count). The van der Waals surface area contributed by atoms with Crippen LogP contribution in [0.25, 0.3) is 0 Å². The molecular weight excluding hydrogens is 248 g/mol. The quantitative estimate of drug-likeness (QED) is 0.821. The van der Waals surface area contributed by atoms with Crippen LogP contribution < -0.4 is 0 Å². The molecule has 0 atom stereocenters. The van der Waals surface area contributed by atoms with Crippen molar-refractivity contribution in [1.82, 2.24) is 0 Å². The molecule has 0 radical (unpaired) electrons. The zero-order chi connectivity index (χ0) is 12.4. The topological polar surface area (TPSA) is 68.3 Å². The molecule has 4 nitrogen and oxygen atoms in total. The first-order chi connectivity index (χ1) is 7.33. The second kappa shape index (κ2) is 4.23. The zero-order valence-electron chi connectivity index (χ0n) is 8.33. The molecule has 0 amide bonds. The Kier molecular flexibility index (Phi) is 3.35. The Bertz CT molecular complexity index is 571. The Morgan fingerprint density at radius 3 is 1.56 bits per heavy atom. The van der Waals surface area contributed by atoms with Gasteiger partial charge in [-0.05, 0) is 18.2 Å². The van der Waals surface area contributed by atoms with E-state index in [4.69, 9.17) is 0 Å². The summed E-state index contributed by atoms with van der Waals surface area (Å²) in [6, 6.07) is 5.04. The molecular formula is C10H10O4S2. The largest absolute Gasteiger partial charge is 0.219 e. The normalized spacial score (nSPS) is 12.0. The third kappa shape index (κ3) is 2.40. The van der Waals surface area contributed by atoms with Gasteiger partial charge in [0.1, 0.15) is 0 Å². The van der Waals surface area contributed by atoms with Gasteiger partial charge >= 0.3 is 0 Å². The molecule has 16 heavy (non-hydrogen) atoms. The number of benzene rings is 1. The van der Waals surface area contributed by atoms with E-state index in [-0.39, 0.29) is 9.79 Å². The van der Waals surface area contributed by atoms with Crippen LogP contribution in [0.4, 0.5) is 0 Å². The molecule has 0 fully saturated rings. The highest BCUT2D eigenvalue weighted by Gasteiger charge is 2.14. The molecule has 0 spiro atoms. The number of hydrogen-bond acceptors (Lipinski definition) is 4. The van der Waals surface area contributed by atoms with Gasteiger partial charge < -0.3 is 0 Å². The lowest BCUT2D eigenvalue weighted by molar-refractivity contribution is 0.603. The van der Waals surface area contributed by atoms with Gasteiger partial charge in [0, 0.05) is 10.8 Å².